The number of carbonyl (C=O) groups excluding carboxylic acids is 1. The quantitative estimate of drug-likeness (QED) is 0.865. The van der Waals surface area contributed by atoms with Crippen molar-refractivity contribution in [2.75, 3.05) is 5.32 Å². The monoisotopic (exact) mass is 269 g/mol. The third-order valence-corrected chi connectivity index (χ3v) is 2.27. The molecule has 0 saturated carbocycles. The zero-order valence-electron chi connectivity index (χ0n) is 11.9. The van der Waals surface area contributed by atoms with Gasteiger partial charge in [-0.3, -0.25) is 5.32 Å². The fourth-order valence-electron chi connectivity index (χ4n) is 1.49. The molecule has 1 aromatic carbocycles. The van der Waals surface area contributed by atoms with Gasteiger partial charge in [0.2, 0.25) is 0 Å². The zero-order chi connectivity index (χ0) is 14.8. The highest BCUT2D eigenvalue weighted by Crippen LogP contribution is 2.26. The van der Waals surface area contributed by atoms with Crippen molar-refractivity contribution in [2.45, 2.75) is 45.8 Å². The van der Waals surface area contributed by atoms with Gasteiger partial charge in [-0.2, -0.15) is 0 Å². The Morgan fingerprint density at radius 3 is 2.32 bits per heavy atom. The summed E-state index contributed by atoms with van der Waals surface area (Å²) in [4.78, 5) is 11.6. The molecule has 0 aromatic heterocycles. The molecule has 0 fully saturated rings. The van der Waals surface area contributed by atoms with Crippen molar-refractivity contribution in [3.8, 4) is 0 Å². The van der Waals surface area contributed by atoms with Crippen LogP contribution in [0.2, 0.25) is 0 Å². The van der Waals surface area contributed by atoms with Crippen molar-refractivity contribution in [2.24, 2.45) is 0 Å². The second-order valence-electron chi connectivity index (χ2n) is 5.88. The average molecular weight is 269 g/mol. The molecular formula is C14H20FNO3. The number of halogens is 1. The molecule has 1 amide bonds. The number of hydrogen-bond acceptors (Lipinski definition) is 3. The molecule has 0 heterocycles. The van der Waals surface area contributed by atoms with Gasteiger partial charge in [-0.1, -0.05) is 0 Å². The third kappa shape index (κ3) is 4.87. The van der Waals surface area contributed by atoms with Gasteiger partial charge in [0.05, 0.1) is 5.60 Å². The molecule has 106 valence electrons. The Balaban J connectivity index is 2.89. The Hall–Kier alpha value is -1.62. The van der Waals surface area contributed by atoms with Crippen LogP contribution in [0.15, 0.2) is 18.2 Å². The minimum atomic E-state index is -1.32. The number of hydrogen-bond donors (Lipinski definition) is 2. The van der Waals surface area contributed by atoms with E-state index in [0.717, 1.165) is 0 Å². The molecule has 0 unspecified atom stereocenters. The predicted molar refractivity (Wildman–Crippen MR) is 71.5 cm³/mol. The van der Waals surface area contributed by atoms with Crippen LogP contribution in [0.3, 0.4) is 0 Å². The maximum absolute atomic E-state index is 13.6. The number of ether oxygens (including phenoxy) is 1. The van der Waals surface area contributed by atoms with Crippen molar-refractivity contribution in [1.29, 1.82) is 0 Å². The van der Waals surface area contributed by atoms with Crippen LogP contribution in [0.1, 0.15) is 40.2 Å². The number of aliphatic hydroxyl groups is 1. The number of amides is 1. The van der Waals surface area contributed by atoms with E-state index in [2.05, 4.69) is 5.32 Å². The first-order valence-corrected chi connectivity index (χ1v) is 6.01. The Morgan fingerprint density at radius 1 is 1.26 bits per heavy atom. The highest BCUT2D eigenvalue weighted by Gasteiger charge is 2.22. The fraction of sp³-hybridized carbons (Fsp3) is 0.500. The highest BCUT2D eigenvalue weighted by atomic mass is 19.1. The minimum absolute atomic E-state index is 0.112. The van der Waals surface area contributed by atoms with Crippen LogP contribution in [-0.4, -0.2) is 16.8 Å². The summed E-state index contributed by atoms with van der Waals surface area (Å²) in [5.74, 6) is -0.526. The molecule has 4 nitrogen and oxygen atoms in total. The van der Waals surface area contributed by atoms with Gasteiger partial charge in [-0.25, -0.2) is 9.18 Å². The van der Waals surface area contributed by atoms with E-state index < -0.39 is 23.1 Å². The summed E-state index contributed by atoms with van der Waals surface area (Å²) in [6.45, 7) is 8.20. The lowest BCUT2D eigenvalue weighted by atomic mass is 9.97. The largest absolute Gasteiger partial charge is 0.444 e. The van der Waals surface area contributed by atoms with Crippen molar-refractivity contribution >= 4 is 11.8 Å². The van der Waals surface area contributed by atoms with Crippen LogP contribution in [0.4, 0.5) is 14.9 Å². The van der Waals surface area contributed by atoms with E-state index in [1.807, 2.05) is 0 Å². The SMILES string of the molecule is CC(C)(C)OC(=O)Nc1ccc(F)c(C(C)(C)O)c1. The van der Waals surface area contributed by atoms with Gasteiger partial charge >= 0.3 is 6.09 Å². The van der Waals surface area contributed by atoms with Crippen LogP contribution in [0.25, 0.3) is 0 Å². The molecule has 1 rings (SSSR count). The molecule has 0 spiro atoms. The summed E-state index contributed by atoms with van der Waals surface area (Å²) in [5, 5.41) is 12.3. The normalized spacial score (nSPS) is 12.2. The summed E-state index contributed by atoms with van der Waals surface area (Å²) in [7, 11) is 0. The van der Waals surface area contributed by atoms with E-state index in [1.165, 1.54) is 32.0 Å². The van der Waals surface area contributed by atoms with Crippen LogP contribution in [0, 0.1) is 5.82 Å². The van der Waals surface area contributed by atoms with E-state index in [-0.39, 0.29) is 5.56 Å². The van der Waals surface area contributed by atoms with E-state index in [4.69, 9.17) is 4.74 Å². The van der Waals surface area contributed by atoms with Gasteiger partial charge in [0.1, 0.15) is 11.4 Å². The molecule has 0 atom stereocenters. The van der Waals surface area contributed by atoms with Gasteiger partial charge in [0.15, 0.2) is 0 Å². The Kier molecular flexibility index (Phi) is 4.20. The predicted octanol–water partition coefficient (Wildman–Crippen LogP) is 3.40. The van der Waals surface area contributed by atoms with Gasteiger partial charge in [-0.15, -0.1) is 0 Å². The molecule has 0 aliphatic rings. The Morgan fingerprint density at radius 2 is 1.84 bits per heavy atom. The maximum Gasteiger partial charge on any atom is 0.412 e. The molecule has 0 bridgehead atoms. The van der Waals surface area contributed by atoms with Crippen LogP contribution in [0.5, 0.6) is 0 Å². The van der Waals surface area contributed by atoms with Crippen molar-refractivity contribution in [3.05, 3.63) is 29.6 Å². The topological polar surface area (TPSA) is 58.6 Å². The van der Waals surface area contributed by atoms with Crippen LogP contribution in [-0.2, 0) is 10.3 Å². The molecule has 0 radical (unpaired) electrons. The van der Waals surface area contributed by atoms with Gasteiger partial charge in [0.25, 0.3) is 0 Å². The van der Waals surface area contributed by atoms with Crippen molar-refractivity contribution in [1.82, 2.24) is 0 Å². The molecule has 0 aliphatic heterocycles. The molecule has 19 heavy (non-hydrogen) atoms. The van der Waals surface area contributed by atoms with Crippen molar-refractivity contribution < 1.29 is 19.0 Å². The maximum atomic E-state index is 13.6. The summed E-state index contributed by atoms with van der Waals surface area (Å²) in [6, 6.07) is 3.99. The number of nitrogens with one attached hydrogen (secondary N) is 1. The van der Waals surface area contributed by atoms with E-state index >= 15 is 0 Å². The number of anilines is 1. The lowest BCUT2D eigenvalue weighted by molar-refractivity contribution is 0.0633. The molecule has 1 aromatic rings. The Bertz CT molecular complexity index is 473. The lowest BCUT2D eigenvalue weighted by Crippen LogP contribution is -2.27. The van der Waals surface area contributed by atoms with E-state index in [9.17, 15) is 14.3 Å². The first kappa shape index (κ1) is 15.4. The van der Waals surface area contributed by atoms with Crippen LogP contribution < -0.4 is 5.32 Å². The smallest absolute Gasteiger partial charge is 0.412 e. The summed E-state index contributed by atoms with van der Waals surface area (Å²) in [6.07, 6.45) is -0.624. The molecule has 0 aliphatic carbocycles. The average Bonchev–Trinajstić information content (AvgIpc) is 2.16. The summed E-state index contributed by atoms with van der Waals surface area (Å²) >= 11 is 0. The van der Waals surface area contributed by atoms with E-state index in [1.54, 1.807) is 20.8 Å². The third-order valence-electron chi connectivity index (χ3n) is 2.27. The van der Waals surface area contributed by atoms with Crippen LogP contribution >= 0.6 is 0 Å². The molecular weight excluding hydrogens is 249 g/mol. The second kappa shape index (κ2) is 5.17. The minimum Gasteiger partial charge on any atom is -0.444 e. The van der Waals surface area contributed by atoms with Gasteiger partial charge in [-0.05, 0) is 52.8 Å². The fourth-order valence-corrected chi connectivity index (χ4v) is 1.49. The summed E-state index contributed by atoms with van der Waals surface area (Å²) in [5.41, 5.74) is -1.45. The summed E-state index contributed by atoms with van der Waals surface area (Å²) < 4.78 is 18.7. The van der Waals surface area contributed by atoms with Crippen molar-refractivity contribution in [3.63, 3.8) is 0 Å². The number of carbonyl (C=O) groups is 1. The second-order valence-corrected chi connectivity index (χ2v) is 5.88. The first-order valence-electron chi connectivity index (χ1n) is 6.01. The number of rotatable bonds is 2. The molecule has 2 N–H and O–H groups in total. The van der Waals surface area contributed by atoms with E-state index in [0.29, 0.717) is 5.69 Å². The first-order chi connectivity index (χ1) is 8.49. The molecule has 0 saturated heterocycles. The number of benzene rings is 1. The Labute approximate surface area is 112 Å². The highest BCUT2D eigenvalue weighted by molar-refractivity contribution is 5.85. The standard InChI is InChI=1S/C14H20FNO3/c1-13(2,3)19-12(17)16-9-6-7-11(15)10(8-9)14(4,5)18/h6-8,18H,1-5H3,(H,16,17). The zero-order valence-corrected chi connectivity index (χ0v) is 11.9. The van der Waals surface area contributed by atoms with Gasteiger partial charge in [0, 0.05) is 11.3 Å². The molecule has 5 heteroatoms. The lowest BCUT2D eigenvalue weighted by Gasteiger charge is -2.21. The van der Waals surface area contributed by atoms with Gasteiger partial charge < -0.3 is 9.84 Å².